The predicted octanol–water partition coefficient (Wildman–Crippen LogP) is -0.0264. The van der Waals surface area contributed by atoms with Gasteiger partial charge in [-0.1, -0.05) is 0 Å². The van der Waals surface area contributed by atoms with Crippen LogP contribution in [0, 0.1) is 0 Å². The van der Waals surface area contributed by atoms with E-state index < -0.39 is 23.5 Å². The molecule has 1 heterocycles. The summed E-state index contributed by atoms with van der Waals surface area (Å²) in [5, 5.41) is 8.55. The number of esters is 1. The molecule has 0 unspecified atom stereocenters. The van der Waals surface area contributed by atoms with Gasteiger partial charge in [-0.05, 0) is 0 Å². The Morgan fingerprint density at radius 1 is 1.31 bits per heavy atom. The summed E-state index contributed by atoms with van der Waals surface area (Å²) in [5.74, 6) is -3.36. The van der Waals surface area contributed by atoms with E-state index in [0.29, 0.717) is 0 Å². The summed E-state index contributed by atoms with van der Waals surface area (Å²) in [7, 11) is 1.11. The standard InChI is InChI=1S/C7H6O6/c1-11-7(10)5-4(6(8)9)12-2-3-13-5/h2-3H,1H3,(H,8,9). The molecule has 1 aliphatic heterocycles. The van der Waals surface area contributed by atoms with Crippen LogP contribution in [0.4, 0.5) is 0 Å². The van der Waals surface area contributed by atoms with Crippen LogP contribution in [0.5, 0.6) is 0 Å². The first-order chi connectivity index (χ1) is 6.16. The lowest BCUT2D eigenvalue weighted by Gasteiger charge is -2.11. The van der Waals surface area contributed by atoms with Crippen molar-refractivity contribution in [3.63, 3.8) is 0 Å². The first-order valence-electron chi connectivity index (χ1n) is 3.21. The predicted molar refractivity (Wildman–Crippen MR) is 38.0 cm³/mol. The first kappa shape index (κ1) is 9.11. The molecule has 0 spiro atoms. The van der Waals surface area contributed by atoms with Crippen molar-refractivity contribution in [3.05, 3.63) is 24.0 Å². The summed E-state index contributed by atoms with van der Waals surface area (Å²) in [4.78, 5) is 21.4. The molecular formula is C7H6O6. The maximum atomic E-state index is 10.9. The third kappa shape index (κ3) is 1.78. The Hall–Kier alpha value is -1.98. The summed E-state index contributed by atoms with van der Waals surface area (Å²) in [6, 6.07) is 0. The molecule has 0 saturated heterocycles. The van der Waals surface area contributed by atoms with E-state index in [0.717, 1.165) is 19.6 Å². The van der Waals surface area contributed by atoms with Gasteiger partial charge in [0, 0.05) is 0 Å². The number of rotatable bonds is 2. The molecule has 1 N–H and O–H groups in total. The van der Waals surface area contributed by atoms with Crippen LogP contribution in [0.15, 0.2) is 24.0 Å². The molecule has 1 rings (SSSR count). The van der Waals surface area contributed by atoms with Crippen LogP contribution in [0.3, 0.4) is 0 Å². The molecule has 0 aromatic rings. The number of hydrogen-bond acceptors (Lipinski definition) is 5. The monoisotopic (exact) mass is 186 g/mol. The minimum atomic E-state index is -1.40. The molecule has 0 saturated carbocycles. The maximum absolute atomic E-state index is 10.9. The minimum absolute atomic E-state index is 0.475. The fourth-order valence-electron chi connectivity index (χ4n) is 0.680. The topological polar surface area (TPSA) is 82.1 Å². The molecule has 0 atom stereocenters. The van der Waals surface area contributed by atoms with Crippen LogP contribution in [-0.4, -0.2) is 24.2 Å². The largest absolute Gasteiger partial charge is 0.475 e. The first-order valence-corrected chi connectivity index (χ1v) is 3.21. The molecule has 0 fully saturated rings. The summed E-state index contributed by atoms with van der Waals surface area (Å²) < 4.78 is 13.4. The van der Waals surface area contributed by atoms with Gasteiger partial charge in [-0.3, -0.25) is 0 Å². The van der Waals surface area contributed by atoms with E-state index in [2.05, 4.69) is 14.2 Å². The van der Waals surface area contributed by atoms with E-state index in [-0.39, 0.29) is 0 Å². The van der Waals surface area contributed by atoms with Crippen molar-refractivity contribution >= 4 is 11.9 Å². The molecule has 6 nitrogen and oxygen atoms in total. The van der Waals surface area contributed by atoms with Gasteiger partial charge < -0.3 is 19.3 Å². The Bertz CT molecular complexity index is 300. The summed E-state index contributed by atoms with van der Waals surface area (Å²) in [5.41, 5.74) is 0. The highest BCUT2D eigenvalue weighted by atomic mass is 16.6. The van der Waals surface area contributed by atoms with Crippen molar-refractivity contribution < 1.29 is 28.9 Å². The molecule has 0 aromatic heterocycles. The van der Waals surface area contributed by atoms with Crippen LogP contribution >= 0.6 is 0 Å². The molecule has 13 heavy (non-hydrogen) atoms. The van der Waals surface area contributed by atoms with Gasteiger partial charge in [-0.2, -0.15) is 0 Å². The zero-order valence-corrected chi connectivity index (χ0v) is 6.64. The lowest BCUT2D eigenvalue weighted by molar-refractivity contribution is -0.143. The van der Waals surface area contributed by atoms with Gasteiger partial charge in [-0.15, -0.1) is 0 Å². The fraction of sp³-hybridized carbons (Fsp3) is 0.143. The maximum Gasteiger partial charge on any atom is 0.378 e. The van der Waals surface area contributed by atoms with E-state index in [4.69, 9.17) is 5.11 Å². The number of carbonyl (C=O) groups is 2. The van der Waals surface area contributed by atoms with Crippen LogP contribution < -0.4 is 0 Å². The summed E-state index contributed by atoms with van der Waals surface area (Å²) in [6.07, 6.45) is 2.05. The molecule has 1 aliphatic rings. The lowest BCUT2D eigenvalue weighted by atomic mass is 10.4. The van der Waals surface area contributed by atoms with Gasteiger partial charge in [0.15, 0.2) is 0 Å². The number of methoxy groups -OCH3 is 1. The average molecular weight is 186 g/mol. The number of carbonyl (C=O) groups excluding carboxylic acids is 1. The lowest BCUT2D eigenvalue weighted by Crippen LogP contribution is -2.17. The number of hydrogen-bond donors (Lipinski definition) is 1. The van der Waals surface area contributed by atoms with E-state index >= 15 is 0 Å². The number of aliphatic carboxylic acids is 1. The minimum Gasteiger partial charge on any atom is -0.475 e. The normalized spacial score (nSPS) is 14.5. The summed E-state index contributed by atoms with van der Waals surface area (Å²) in [6.45, 7) is 0. The molecule has 0 radical (unpaired) electrons. The Morgan fingerprint density at radius 3 is 2.31 bits per heavy atom. The fourth-order valence-corrected chi connectivity index (χ4v) is 0.680. The van der Waals surface area contributed by atoms with Crippen molar-refractivity contribution in [2.75, 3.05) is 7.11 Å². The Kier molecular flexibility index (Phi) is 2.53. The van der Waals surface area contributed by atoms with Gasteiger partial charge in [0.2, 0.25) is 0 Å². The Balaban J connectivity index is 2.98. The molecule has 6 heteroatoms. The molecular weight excluding hydrogens is 180 g/mol. The van der Waals surface area contributed by atoms with E-state index in [9.17, 15) is 9.59 Å². The van der Waals surface area contributed by atoms with Crippen molar-refractivity contribution in [1.29, 1.82) is 0 Å². The van der Waals surface area contributed by atoms with E-state index in [1.54, 1.807) is 0 Å². The Morgan fingerprint density at radius 2 is 1.85 bits per heavy atom. The highest BCUT2D eigenvalue weighted by molar-refractivity contribution is 5.97. The van der Waals surface area contributed by atoms with Gasteiger partial charge in [0.25, 0.3) is 11.5 Å². The van der Waals surface area contributed by atoms with Gasteiger partial charge in [-0.25, -0.2) is 9.59 Å². The third-order valence-electron chi connectivity index (χ3n) is 1.20. The second-order valence-electron chi connectivity index (χ2n) is 1.96. The van der Waals surface area contributed by atoms with E-state index in [1.807, 2.05) is 0 Å². The molecule has 0 aromatic carbocycles. The van der Waals surface area contributed by atoms with Crippen LogP contribution in [0.25, 0.3) is 0 Å². The quantitative estimate of drug-likeness (QED) is 0.610. The van der Waals surface area contributed by atoms with Crippen molar-refractivity contribution in [2.24, 2.45) is 0 Å². The van der Waals surface area contributed by atoms with E-state index in [1.165, 1.54) is 0 Å². The third-order valence-corrected chi connectivity index (χ3v) is 1.20. The summed E-state index contributed by atoms with van der Waals surface area (Å²) >= 11 is 0. The van der Waals surface area contributed by atoms with Gasteiger partial charge >= 0.3 is 11.9 Å². The van der Waals surface area contributed by atoms with Crippen molar-refractivity contribution in [3.8, 4) is 0 Å². The van der Waals surface area contributed by atoms with Gasteiger partial charge in [0.1, 0.15) is 12.5 Å². The van der Waals surface area contributed by atoms with Crippen LogP contribution in [0.1, 0.15) is 0 Å². The van der Waals surface area contributed by atoms with Crippen LogP contribution in [0.2, 0.25) is 0 Å². The SMILES string of the molecule is COC(=O)C1=C(C(=O)O)OC=CO1. The van der Waals surface area contributed by atoms with Crippen molar-refractivity contribution in [1.82, 2.24) is 0 Å². The number of ether oxygens (including phenoxy) is 3. The zero-order chi connectivity index (χ0) is 9.84. The van der Waals surface area contributed by atoms with Crippen LogP contribution in [-0.2, 0) is 23.8 Å². The molecule has 0 amide bonds. The van der Waals surface area contributed by atoms with Crippen molar-refractivity contribution in [2.45, 2.75) is 0 Å². The smallest absolute Gasteiger partial charge is 0.378 e. The van der Waals surface area contributed by atoms with Gasteiger partial charge in [0.05, 0.1) is 7.11 Å². The second-order valence-corrected chi connectivity index (χ2v) is 1.96. The zero-order valence-electron chi connectivity index (χ0n) is 6.64. The number of carboxylic acid groups (broad SMARTS) is 1. The highest BCUT2D eigenvalue weighted by Crippen LogP contribution is 2.15. The molecule has 0 bridgehead atoms. The average Bonchev–Trinajstić information content (AvgIpc) is 2.16. The highest BCUT2D eigenvalue weighted by Gasteiger charge is 2.26. The molecule has 0 aliphatic carbocycles. The Labute approximate surface area is 73.0 Å². The number of carboxylic acids is 1. The molecule has 70 valence electrons. The second kappa shape index (κ2) is 3.61.